The van der Waals surface area contributed by atoms with Crippen molar-refractivity contribution >= 4 is 34.9 Å². The molecule has 0 fully saturated rings. The molecule has 0 aliphatic rings. The number of rotatable bonds is 4. The van der Waals surface area contributed by atoms with Gasteiger partial charge in [-0.15, -0.1) is 0 Å². The molecule has 1 amide bonds. The lowest BCUT2D eigenvalue weighted by Crippen LogP contribution is -2.15. The van der Waals surface area contributed by atoms with E-state index in [-0.39, 0.29) is 11.5 Å². The van der Waals surface area contributed by atoms with Crippen LogP contribution < -0.4 is 5.32 Å². The maximum atomic E-state index is 12.1. The molecular weight excluding hydrogens is 316 g/mol. The zero-order chi connectivity index (χ0) is 16.8. The van der Waals surface area contributed by atoms with Crippen LogP contribution in [0.2, 0.25) is 5.02 Å². The molecule has 2 rings (SSSR count). The third-order valence-electron chi connectivity index (χ3n) is 3.00. The van der Waals surface area contributed by atoms with E-state index < -0.39 is 6.09 Å². The first kappa shape index (κ1) is 16.7. The molecule has 2 aromatic carbocycles. The number of halogens is 1. The summed E-state index contributed by atoms with van der Waals surface area (Å²) in [5, 5.41) is 6.59. The Morgan fingerprint density at radius 2 is 1.65 bits per heavy atom. The van der Waals surface area contributed by atoms with Crippen LogP contribution in [0.4, 0.5) is 10.5 Å². The van der Waals surface area contributed by atoms with Gasteiger partial charge in [-0.05, 0) is 38.1 Å². The minimum absolute atomic E-state index is 0.0834. The van der Waals surface area contributed by atoms with E-state index in [9.17, 15) is 9.59 Å². The van der Waals surface area contributed by atoms with E-state index in [1.807, 2.05) is 19.1 Å². The Morgan fingerprint density at radius 3 is 2.26 bits per heavy atom. The smallest absolute Gasteiger partial charge is 0.297 e. The first-order chi connectivity index (χ1) is 11.0. The Kier molecular flexibility index (Phi) is 5.49. The average Bonchev–Trinajstić information content (AvgIpc) is 2.55. The highest BCUT2D eigenvalue weighted by Crippen LogP contribution is 2.13. The van der Waals surface area contributed by atoms with E-state index in [0.29, 0.717) is 16.3 Å². The van der Waals surface area contributed by atoms with Gasteiger partial charge in [0.1, 0.15) is 5.71 Å². The fourth-order valence-corrected chi connectivity index (χ4v) is 1.87. The van der Waals surface area contributed by atoms with Crippen LogP contribution in [0.1, 0.15) is 22.8 Å². The van der Waals surface area contributed by atoms with Crippen molar-refractivity contribution in [2.24, 2.45) is 5.16 Å². The lowest BCUT2D eigenvalue weighted by Gasteiger charge is -2.04. The summed E-state index contributed by atoms with van der Waals surface area (Å²) < 4.78 is 0. The maximum Gasteiger partial charge on any atom is 0.437 e. The fraction of sp³-hybridized carbons (Fsp3) is 0.118. The molecule has 0 heterocycles. The van der Waals surface area contributed by atoms with Crippen LogP contribution in [-0.4, -0.2) is 17.6 Å². The van der Waals surface area contributed by atoms with Crippen LogP contribution in [0.3, 0.4) is 0 Å². The lowest BCUT2D eigenvalue weighted by molar-refractivity contribution is 0.105. The molecule has 0 unspecified atom stereocenters. The van der Waals surface area contributed by atoms with E-state index >= 15 is 0 Å². The summed E-state index contributed by atoms with van der Waals surface area (Å²) in [6, 6.07) is 13.6. The van der Waals surface area contributed by atoms with Crippen LogP contribution in [0.5, 0.6) is 0 Å². The number of oxime groups is 1. The minimum atomic E-state index is -0.789. The van der Waals surface area contributed by atoms with Crippen molar-refractivity contribution in [3.8, 4) is 0 Å². The van der Waals surface area contributed by atoms with Crippen molar-refractivity contribution in [1.29, 1.82) is 0 Å². The molecule has 2 aromatic rings. The summed E-state index contributed by atoms with van der Waals surface area (Å²) >= 11 is 5.75. The van der Waals surface area contributed by atoms with E-state index in [1.54, 1.807) is 36.4 Å². The van der Waals surface area contributed by atoms with Gasteiger partial charge in [-0.3, -0.25) is 14.9 Å². The number of benzene rings is 2. The van der Waals surface area contributed by atoms with Crippen molar-refractivity contribution in [2.75, 3.05) is 5.32 Å². The van der Waals surface area contributed by atoms with Crippen LogP contribution in [0.25, 0.3) is 0 Å². The van der Waals surface area contributed by atoms with Gasteiger partial charge in [-0.25, -0.2) is 4.79 Å². The highest BCUT2D eigenvalue weighted by atomic mass is 35.5. The topological polar surface area (TPSA) is 67.8 Å². The second-order valence-corrected chi connectivity index (χ2v) is 5.32. The number of nitrogens with zero attached hydrogens (tertiary/aromatic N) is 1. The Hall–Kier alpha value is -2.66. The minimum Gasteiger partial charge on any atom is -0.297 e. The normalized spacial score (nSPS) is 11.0. The molecular formula is C17H15ClN2O3. The molecule has 23 heavy (non-hydrogen) atoms. The summed E-state index contributed by atoms with van der Waals surface area (Å²) in [5.74, 6) is -0.302. The molecule has 0 aliphatic carbocycles. The molecule has 6 heteroatoms. The fourth-order valence-electron chi connectivity index (χ4n) is 1.74. The van der Waals surface area contributed by atoms with Crippen LogP contribution in [-0.2, 0) is 4.84 Å². The largest absolute Gasteiger partial charge is 0.437 e. The van der Waals surface area contributed by atoms with Gasteiger partial charge in [0.15, 0.2) is 0 Å². The van der Waals surface area contributed by atoms with Gasteiger partial charge in [-0.2, -0.15) is 0 Å². The quantitative estimate of drug-likeness (QED) is 0.389. The highest BCUT2D eigenvalue weighted by Gasteiger charge is 2.11. The number of amides is 1. The molecule has 5 nitrogen and oxygen atoms in total. The van der Waals surface area contributed by atoms with Crippen molar-refractivity contribution in [1.82, 2.24) is 0 Å². The lowest BCUT2D eigenvalue weighted by atomic mass is 10.1. The summed E-state index contributed by atoms with van der Waals surface area (Å²) in [6.45, 7) is 3.41. The zero-order valence-corrected chi connectivity index (χ0v) is 13.4. The summed E-state index contributed by atoms with van der Waals surface area (Å²) in [5.41, 5.74) is 2.13. The Morgan fingerprint density at radius 1 is 1.04 bits per heavy atom. The number of ketones is 1. The molecule has 0 aromatic heterocycles. The standard InChI is InChI=1S/C17H15ClN2O3/c1-11-3-5-13(6-4-11)16(21)12(2)20-23-17(22)19-15-9-7-14(18)8-10-15/h3-10H,1-2H3,(H,19,22). The Balaban J connectivity index is 1.95. The first-order valence-corrected chi connectivity index (χ1v) is 7.23. The van der Waals surface area contributed by atoms with Crippen molar-refractivity contribution in [3.05, 3.63) is 64.7 Å². The number of carbonyl (C=O) groups excluding carboxylic acids is 2. The van der Waals surface area contributed by atoms with Gasteiger partial charge < -0.3 is 0 Å². The van der Waals surface area contributed by atoms with Gasteiger partial charge in [-0.1, -0.05) is 46.6 Å². The molecule has 0 saturated heterocycles. The zero-order valence-electron chi connectivity index (χ0n) is 12.7. The van der Waals surface area contributed by atoms with E-state index in [0.717, 1.165) is 5.56 Å². The maximum absolute atomic E-state index is 12.1. The summed E-state index contributed by atoms with van der Waals surface area (Å²) in [6.07, 6.45) is -0.789. The predicted molar refractivity (Wildman–Crippen MR) is 90.2 cm³/mol. The number of hydrogen-bond acceptors (Lipinski definition) is 4. The molecule has 0 aliphatic heterocycles. The van der Waals surface area contributed by atoms with Gasteiger partial charge in [0.25, 0.3) is 0 Å². The van der Waals surface area contributed by atoms with Crippen LogP contribution in [0, 0.1) is 6.92 Å². The molecule has 1 N–H and O–H groups in total. The van der Waals surface area contributed by atoms with Gasteiger partial charge in [0, 0.05) is 16.3 Å². The third-order valence-corrected chi connectivity index (χ3v) is 3.25. The number of anilines is 1. The van der Waals surface area contributed by atoms with Crippen molar-refractivity contribution < 1.29 is 14.4 Å². The Bertz CT molecular complexity index is 737. The van der Waals surface area contributed by atoms with Gasteiger partial charge in [0.05, 0.1) is 0 Å². The average molecular weight is 331 g/mol. The van der Waals surface area contributed by atoms with Crippen molar-refractivity contribution in [2.45, 2.75) is 13.8 Å². The number of Topliss-reactive ketones (excluding diaryl/α,β-unsaturated/α-hetero) is 1. The molecule has 0 bridgehead atoms. The summed E-state index contributed by atoms with van der Waals surface area (Å²) in [4.78, 5) is 28.4. The second kappa shape index (κ2) is 7.56. The van der Waals surface area contributed by atoms with Crippen LogP contribution >= 0.6 is 11.6 Å². The molecule has 0 spiro atoms. The SMILES string of the molecule is CC(=NOC(=O)Nc1ccc(Cl)cc1)C(=O)c1ccc(C)cc1. The van der Waals surface area contributed by atoms with E-state index in [1.165, 1.54) is 6.92 Å². The van der Waals surface area contributed by atoms with Crippen LogP contribution in [0.15, 0.2) is 53.7 Å². The van der Waals surface area contributed by atoms with Gasteiger partial charge >= 0.3 is 6.09 Å². The number of hydrogen-bond donors (Lipinski definition) is 1. The third kappa shape index (κ3) is 4.93. The van der Waals surface area contributed by atoms with E-state index in [4.69, 9.17) is 11.6 Å². The first-order valence-electron chi connectivity index (χ1n) is 6.85. The molecule has 0 atom stereocenters. The number of carbonyl (C=O) groups is 2. The monoisotopic (exact) mass is 330 g/mol. The van der Waals surface area contributed by atoms with Gasteiger partial charge in [0.2, 0.25) is 5.78 Å². The number of aryl methyl sites for hydroxylation is 1. The summed E-state index contributed by atoms with van der Waals surface area (Å²) in [7, 11) is 0. The molecule has 118 valence electrons. The second-order valence-electron chi connectivity index (χ2n) is 4.88. The molecule has 0 saturated carbocycles. The highest BCUT2D eigenvalue weighted by molar-refractivity contribution is 6.45. The van der Waals surface area contributed by atoms with E-state index in [2.05, 4.69) is 15.3 Å². The molecule has 0 radical (unpaired) electrons. The number of nitrogens with one attached hydrogen (secondary N) is 1. The Labute approximate surface area is 138 Å². The predicted octanol–water partition coefficient (Wildman–Crippen LogP) is 4.46. The van der Waals surface area contributed by atoms with Crippen molar-refractivity contribution in [3.63, 3.8) is 0 Å².